The third-order valence-electron chi connectivity index (χ3n) is 2.79. The summed E-state index contributed by atoms with van der Waals surface area (Å²) in [5, 5.41) is 3.64. The van der Waals surface area contributed by atoms with Crippen molar-refractivity contribution >= 4 is 16.6 Å². The van der Waals surface area contributed by atoms with Crippen LogP contribution in [-0.4, -0.2) is 24.5 Å². The number of nitrogens with one attached hydrogen (secondary N) is 1. The van der Waals surface area contributed by atoms with Crippen molar-refractivity contribution in [2.45, 2.75) is 25.8 Å². The Kier molecular flexibility index (Phi) is 2.59. The van der Waals surface area contributed by atoms with E-state index in [1.807, 2.05) is 0 Å². The zero-order chi connectivity index (χ0) is 18.9. The van der Waals surface area contributed by atoms with E-state index in [9.17, 15) is 0 Å². The average Bonchev–Trinajstić information content (AvgIpc) is 2.42. The summed E-state index contributed by atoms with van der Waals surface area (Å²) in [6, 6.07) is 5.30. The number of nitrogens with two attached hydrogens (primary N) is 1. The van der Waals surface area contributed by atoms with Gasteiger partial charge in [0.2, 0.25) is 0 Å². The van der Waals surface area contributed by atoms with Crippen LogP contribution in [0.1, 0.15) is 28.0 Å². The van der Waals surface area contributed by atoms with Crippen LogP contribution in [0, 0.1) is 0 Å². The van der Waals surface area contributed by atoms with Gasteiger partial charge in [-0.05, 0) is 38.4 Å². The van der Waals surface area contributed by atoms with E-state index in [2.05, 4.69) is 10.3 Å². The normalized spacial score (nSPS) is 20.1. The van der Waals surface area contributed by atoms with Crippen LogP contribution in [0.3, 0.4) is 0 Å². The highest BCUT2D eigenvalue weighted by Crippen LogP contribution is 2.28. The summed E-state index contributed by atoms with van der Waals surface area (Å²) < 4.78 is 49.8. The van der Waals surface area contributed by atoms with Crippen molar-refractivity contribution in [1.29, 1.82) is 0 Å². The monoisotopic (exact) mass is 265 g/mol. The average molecular weight is 265 g/mol. The molecule has 19 heavy (non-hydrogen) atoms. The van der Waals surface area contributed by atoms with Crippen LogP contribution in [0.4, 0.5) is 5.69 Å². The molecule has 0 aliphatic heterocycles. The van der Waals surface area contributed by atoms with Gasteiger partial charge >= 0.3 is 0 Å². The number of ether oxygens (including phenoxy) is 1. The van der Waals surface area contributed by atoms with Gasteiger partial charge in [-0.3, -0.25) is 4.98 Å². The van der Waals surface area contributed by atoms with E-state index < -0.39 is 19.6 Å². The Bertz CT molecular complexity index is 742. The van der Waals surface area contributed by atoms with Gasteiger partial charge in [-0.1, -0.05) is 6.07 Å². The van der Waals surface area contributed by atoms with Crippen LogP contribution >= 0.6 is 0 Å². The number of hydrogen-bond donors (Lipinski definition) is 2. The van der Waals surface area contributed by atoms with E-state index in [0.717, 1.165) is 0 Å². The Labute approximate surface area is 122 Å². The first-order chi connectivity index (χ1) is 11.3. The summed E-state index contributed by atoms with van der Waals surface area (Å²) >= 11 is 0. The first kappa shape index (κ1) is 7.70. The number of aromatic nitrogens is 1. The SMILES string of the molecule is [2H]C([2H])(N)CCC([2H])(C)Nc1cc(OC([2H])([2H])[2H])cc2cccnc12. The molecule has 0 aliphatic rings. The van der Waals surface area contributed by atoms with Crippen LogP contribution < -0.4 is 15.8 Å². The van der Waals surface area contributed by atoms with Crippen molar-refractivity contribution in [3.8, 4) is 5.75 Å². The second kappa shape index (κ2) is 6.38. The number of fused-ring (bicyclic) bond motifs is 1. The Balaban J connectivity index is 2.35. The van der Waals surface area contributed by atoms with Crippen molar-refractivity contribution in [2.75, 3.05) is 18.9 Å². The van der Waals surface area contributed by atoms with E-state index in [1.165, 1.54) is 6.07 Å². The lowest BCUT2D eigenvalue weighted by Gasteiger charge is -2.17. The van der Waals surface area contributed by atoms with Crippen LogP contribution in [-0.2, 0) is 0 Å². The minimum atomic E-state index is -2.59. The van der Waals surface area contributed by atoms with Gasteiger partial charge < -0.3 is 15.8 Å². The lowest BCUT2D eigenvalue weighted by Crippen LogP contribution is -2.17. The fraction of sp³-hybridized carbons (Fsp3) is 0.400. The smallest absolute Gasteiger partial charge is 0.121 e. The number of anilines is 1. The maximum absolute atomic E-state index is 8.36. The molecule has 0 saturated carbocycles. The molecule has 0 radical (unpaired) electrons. The second-order valence-corrected chi connectivity index (χ2v) is 4.26. The maximum Gasteiger partial charge on any atom is 0.121 e. The first-order valence-corrected chi connectivity index (χ1v) is 6.00. The van der Waals surface area contributed by atoms with Crippen LogP contribution in [0.25, 0.3) is 10.9 Å². The summed E-state index contributed by atoms with van der Waals surface area (Å²) in [6.07, 6.45) is 1.74. The second-order valence-electron chi connectivity index (χ2n) is 4.26. The highest BCUT2D eigenvalue weighted by Gasteiger charge is 2.08. The molecule has 1 aromatic heterocycles. The quantitative estimate of drug-likeness (QED) is 0.843. The molecule has 4 nitrogen and oxygen atoms in total. The molecule has 0 spiro atoms. The van der Waals surface area contributed by atoms with Gasteiger partial charge in [-0.2, -0.15) is 0 Å². The predicted octanol–water partition coefficient (Wildman–Crippen LogP) is 2.78. The molecule has 102 valence electrons. The molecule has 2 rings (SSSR count). The summed E-state index contributed by atoms with van der Waals surface area (Å²) in [5.74, 6) is 0.132. The summed E-state index contributed by atoms with van der Waals surface area (Å²) in [4.78, 5) is 4.27. The lowest BCUT2D eigenvalue weighted by molar-refractivity contribution is 0.415. The third kappa shape index (κ3) is 3.35. The number of methoxy groups -OCH3 is 1. The summed E-state index contributed by atoms with van der Waals surface area (Å²) in [7, 11) is -2.59. The fourth-order valence-electron chi connectivity index (χ4n) is 1.87. The minimum Gasteiger partial charge on any atom is -0.497 e. The number of rotatable bonds is 6. The molecule has 0 saturated heterocycles. The number of hydrogen-bond acceptors (Lipinski definition) is 4. The maximum atomic E-state index is 8.36. The Morgan fingerprint density at radius 2 is 2.53 bits per heavy atom. The molecule has 0 amide bonds. The Morgan fingerprint density at radius 1 is 1.63 bits per heavy atom. The lowest BCUT2D eigenvalue weighted by atomic mass is 10.1. The zero-order valence-corrected chi connectivity index (χ0v) is 10.7. The first-order valence-electron chi connectivity index (χ1n) is 9.00. The largest absolute Gasteiger partial charge is 0.497 e. The molecule has 0 aliphatic carbocycles. The van der Waals surface area contributed by atoms with Gasteiger partial charge in [-0.25, -0.2) is 0 Å². The van der Waals surface area contributed by atoms with Crippen molar-refractivity contribution in [2.24, 2.45) is 5.73 Å². The van der Waals surface area contributed by atoms with E-state index in [1.54, 1.807) is 31.3 Å². The summed E-state index contributed by atoms with van der Waals surface area (Å²) in [6.45, 7) is -0.276. The van der Waals surface area contributed by atoms with Crippen molar-refractivity contribution in [3.05, 3.63) is 30.5 Å². The highest BCUT2D eigenvalue weighted by atomic mass is 16.5. The Hall–Kier alpha value is -1.81. The zero-order valence-electron chi connectivity index (χ0n) is 16.7. The van der Waals surface area contributed by atoms with E-state index in [4.69, 9.17) is 18.7 Å². The van der Waals surface area contributed by atoms with Crippen LogP contribution in [0.15, 0.2) is 30.5 Å². The standard InChI is InChI=1S/C15H21N3O/c1-11(5-3-7-16)18-14-10-13(19-2)9-12-6-4-8-17-15(12)14/h4,6,8-11,18H,3,5,7,16H2,1-2H3/i2D3,7D2,11D. The molecule has 1 heterocycles. The van der Waals surface area contributed by atoms with E-state index >= 15 is 0 Å². The molecular weight excluding hydrogens is 238 g/mol. The summed E-state index contributed by atoms with van der Waals surface area (Å²) in [5.41, 5.74) is 6.35. The van der Waals surface area contributed by atoms with Crippen LogP contribution in [0.5, 0.6) is 5.75 Å². The van der Waals surface area contributed by atoms with E-state index in [0.29, 0.717) is 16.6 Å². The molecule has 2 aromatic rings. The van der Waals surface area contributed by atoms with Gasteiger partial charge in [0.05, 0.1) is 23.7 Å². The van der Waals surface area contributed by atoms with Gasteiger partial charge in [0.1, 0.15) is 5.75 Å². The van der Waals surface area contributed by atoms with E-state index in [-0.39, 0.29) is 18.6 Å². The Morgan fingerprint density at radius 3 is 3.32 bits per heavy atom. The molecule has 1 unspecified atom stereocenters. The third-order valence-corrected chi connectivity index (χ3v) is 2.79. The van der Waals surface area contributed by atoms with Gasteiger partial charge in [-0.15, -0.1) is 0 Å². The van der Waals surface area contributed by atoms with Gasteiger partial charge in [0.15, 0.2) is 0 Å². The minimum absolute atomic E-state index is 0.00315. The molecule has 1 atom stereocenters. The molecule has 0 fully saturated rings. The number of nitrogens with zero attached hydrogens (tertiary/aromatic N) is 1. The van der Waals surface area contributed by atoms with Crippen LogP contribution in [0.2, 0.25) is 0 Å². The molecule has 0 bridgehead atoms. The van der Waals surface area contributed by atoms with Gasteiger partial charge in [0.25, 0.3) is 0 Å². The van der Waals surface area contributed by atoms with Crippen molar-refractivity contribution < 1.29 is 13.0 Å². The highest BCUT2D eigenvalue weighted by molar-refractivity contribution is 5.91. The van der Waals surface area contributed by atoms with Crippen molar-refractivity contribution in [3.63, 3.8) is 0 Å². The fourth-order valence-corrected chi connectivity index (χ4v) is 1.87. The number of pyridine rings is 1. The predicted molar refractivity (Wildman–Crippen MR) is 79.7 cm³/mol. The molecule has 3 N–H and O–H groups in total. The topological polar surface area (TPSA) is 60.2 Å². The molecular formula is C15H21N3O. The molecule has 1 aromatic carbocycles. The van der Waals surface area contributed by atoms with Gasteiger partial charge in [0, 0.05) is 26.4 Å². The van der Waals surface area contributed by atoms with Crippen molar-refractivity contribution in [1.82, 2.24) is 4.98 Å². The number of benzene rings is 1. The molecule has 4 heteroatoms.